The van der Waals surface area contributed by atoms with Crippen molar-refractivity contribution in [1.82, 2.24) is 0 Å². The van der Waals surface area contributed by atoms with Gasteiger partial charge in [0, 0.05) is 0 Å². The minimum absolute atomic E-state index is 0.0266. The Kier molecular flexibility index (Phi) is 7.21. The van der Waals surface area contributed by atoms with Crippen LogP contribution >= 0.6 is 17.2 Å². The Morgan fingerprint density at radius 2 is 1.97 bits per heavy atom. The number of aryl methyl sites for hydroxylation is 1. The summed E-state index contributed by atoms with van der Waals surface area (Å²) in [5.74, 6) is -0.147. The number of hydrogen-bond acceptors (Lipinski definition) is 2. The van der Waals surface area contributed by atoms with Crippen LogP contribution in [0.5, 0.6) is 0 Å². The highest BCUT2D eigenvalue weighted by Gasteiger charge is 2.32. The number of esters is 1. The maximum absolute atomic E-state index is 13.0. The second kappa shape index (κ2) is 9.33. The third kappa shape index (κ3) is 4.71. The number of rotatable bonds is 5. The molecule has 3 atom stereocenters. The Balaban J connectivity index is 2.31. The van der Waals surface area contributed by atoms with Gasteiger partial charge in [0.2, 0.25) is 0 Å². The van der Waals surface area contributed by atoms with E-state index in [1.54, 1.807) is 0 Å². The van der Waals surface area contributed by atoms with Crippen LogP contribution in [0.1, 0.15) is 60.7 Å². The van der Waals surface area contributed by atoms with Crippen molar-refractivity contribution in [3.63, 3.8) is 0 Å². The van der Waals surface area contributed by atoms with Crippen molar-refractivity contribution in [3.8, 4) is 11.1 Å². The normalized spacial score (nSPS) is 15.9. The summed E-state index contributed by atoms with van der Waals surface area (Å²) in [5.41, 5.74) is 8.32. The average molecular weight is 441 g/mol. The molecule has 2 nitrogen and oxygen atoms in total. The molecule has 0 spiro atoms. The molecule has 0 N–H and O–H groups in total. The van der Waals surface area contributed by atoms with E-state index in [9.17, 15) is 4.79 Å². The van der Waals surface area contributed by atoms with Crippen molar-refractivity contribution in [1.29, 1.82) is 0 Å². The van der Waals surface area contributed by atoms with Crippen LogP contribution in [-0.4, -0.2) is 24.4 Å². The van der Waals surface area contributed by atoms with Crippen LogP contribution in [0, 0.1) is 13.8 Å². The molecule has 3 rings (SSSR count). The summed E-state index contributed by atoms with van der Waals surface area (Å²) < 4.78 is 5.30. The van der Waals surface area contributed by atoms with Crippen LogP contribution in [0.2, 0.25) is 0 Å². The molecule has 0 amide bonds. The predicted octanol–water partition coefficient (Wildman–Crippen LogP) is 6.55. The molecule has 2 aromatic rings. The fourth-order valence-electron chi connectivity index (χ4n) is 4.39. The summed E-state index contributed by atoms with van der Waals surface area (Å²) in [6, 6.07) is 8.84. The lowest BCUT2D eigenvalue weighted by molar-refractivity contribution is -0.140. The van der Waals surface area contributed by atoms with Gasteiger partial charge in [-0.1, -0.05) is 74.9 Å². The minimum Gasteiger partial charge on any atom is -0.468 e. The number of carbonyl (C=O) groups excluding carboxylic acids is 1. The van der Waals surface area contributed by atoms with E-state index in [4.69, 9.17) is 4.74 Å². The van der Waals surface area contributed by atoms with E-state index in [0.29, 0.717) is 8.58 Å². The molecule has 0 fully saturated rings. The van der Waals surface area contributed by atoms with Gasteiger partial charge in [0.25, 0.3) is 0 Å². The molecule has 0 bridgehead atoms. The standard InChI is InChI=1S/C26H34O2P2/c1-8-18-12-11-16(2)22(24(25(27)28-7)30-26(4,5)6)23(18)20-13-14-21-19(17(20)3)10-9-15-29-21/h8,11-14,24,29-30H,1,9-10,15H2,2-7H3. The van der Waals surface area contributed by atoms with Crippen LogP contribution in [0.4, 0.5) is 0 Å². The summed E-state index contributed by atoms with van der Waals surface area (Å²) in [4.78, 5) is 13.0. The molecular weight excluding hydrogens is 406 g/mol. The van der Waals surface area contributed by atoms with Crippen molar-refractivity contribution in [3.05, 3.63) is 58.7 Å². The largest absolute Gasteiger partial charge is 0.468 e. The zero-order valence-corrected chi connectivity index (χ0v) is 21.1. The van der Waals surface area contributed by atoms with Gasteiger partial charge in [0.1, 0.15) is 5.66 Å². The number of methoxy groups -OCH3 is 1. The van der Waals surface area contributed by atoms with E-state index < -0.39 is 0 Å². The molecule has 30 heavy (non-hydrogen) atoms. The quantitative estimate of drug-likeness (QED) is 0.389. The zero-order valence-electron chi connectivity index (χ0n) is 19.1. The smallest absolute Gasteiger partial charge is 0.317 e. The van der Waals surface area contributed by atoms with Crippen molar-refractivity contribution < 1.29 is 9.53 Å². The highest BCUT2D eigenvalue weighted by atomic mass is 31.1. The summed E-state index contributed by atoms with van der Waals surface area (Å²) in [6.07, 6.45) is 5.64. The number of benzene rings is 2. The van der Waals surface area contributed by atoms with Crippen molar-refractivity contribution in [2.45, 2.75) is 58.3 Å². The Labute approximate surface area is 185 Å². The van der Waals surface area contributed by atoms with Gasteiger partial charge in [0.05, 0.1) is 7.11 Å². The topological polar surface area (TPSA) is 26.3 Å². The molecule has 160 valence electrons. The van der Waals surface area contributed by atoms with Crippen molar-refractivity contribution in [2.24, 2.45) is 0 Å². The van der Waals surface area contributed by atoms with Crippen LogP contribution in [0.15, 0.2) is 30.8 Å². The van der Waals surface area contributed by atoms with Gasteiger partial charge in [-0.05, 0) is 82.3 Å². The van der Waals surface area contributed by atoms with E-state index in [-0.39, 0.29) is 16.8 Å². The molecule has 3 unspecified atom stereocenters. The van der Waals surface area contributed by atoms with Gasteiger partial charge in [-0.2, -0.15) is 0 Å². The predicted molar refractivity (Wildman–Crippen MR) is 135 cm³/mol. The van der Waals surface area contributed by atoms with Gasteiger partial charge in [0.15, 0.2) is 0 Å². The molecule has 0 aromatic heterocycles. The first-order valence-electron chi connectivity index (χ1n) is 10.7. The van der Waals surface area contributed by atoms with Crippen LogP contribution in [-0.2, 0) is 16.0 Å². The third-order valence-electron chi connectivity index (χ3n) is 5.81. The Bertz CT molecular complexity index is 970. The van der Waals surface area contributed by atoms with E-state index in [1.807, 2.05) is 6.08 Å². The van der Waals surface area contributed by atoms with E-state index in [1.165, 1.54) is 41.7 Å². The third-order valence-corrected chi connectivity index (χ3v) is 8.94. The molecule has 1 heterocycles. The van der Waals surface area contributed by atoms with Crippen LogP contribution < -0.4 is 5.30 Å². The second-order valence-corrected chi connectivity index (χ2v) is 12.9. The minimum atomic E-state index is -0.276. The summed E-state index contributed by atoms with van der Waals surface area (Å²) in [7, 11) is 2.83. The summed E-state index contributed by atoms with van der Waals surface area (Å²) in [6.45, 7) is 15.0. The number of ether oxygens (including phenoxy) is 1. The maximum atomic E-state index is 13.0. The zero-order chi connectivity index (χ0) is 22.1. The first kappa shape index (κ1) is 23.2. The molecule has 4 heteroatoms. The SMILES string of the molecule is C=Cc1ccc(C)c(C(PC(C)(C)C)C(=O)OC)c1-c1ccc2c(c1C)CCCP2. The molecular formula is C26H34O2P2. The van der Waals surface area contributed by atoms with Gasteiger partial charge >= 0.3 is 5.97 Å². The molecule has 1 aliphatic heterocycles. The first-order valence-corrected chi connectivity index (χ1v) is 12.9. The average Bonchev–Trinajstić information content (AvgIpc) is 2.71. The highest BCUT2D eigenvalue weighted by Crippen LogP contribution is 2.50. The molecule has 0 saturated carbocycles. The molecule has 1 aliphatic rings. The fraction of sp³-hybridized carbons (Fsp3) is 0.423. The lowest BCUT2D eigenvalue weighted by Crippen LogP contribution is -2.19. The van der Waals surface area contributed by atoms with Gasteiger partial charge in [-0.25, -0.2) is 0 Å². The molecule has 0 radical (unpaired) electrons. The Morgan fingerprint density at radius 1 is 1.23 bits per heavy atom. The summed E-state index contributed by atoms with van der Waals surface area (Å²) in [5, 5.41) is 1.54. The van der Waals surface area contributed by atoms with Crippen LogP contribution in [0.25, 0.3) is 17.2 Å². The number of fused-ring (bicyclic) bond motifs is 1. The van der Waals surface area contributed by atoms with Gasteiger partial charge in [-0.3, -0.25) is 4.79 Å². The molecule has 0 saturated heterocycles. The van der Waals surface area contributed by atoms with Crippen LogP contribution in [0.3, 0.4) is 0 Å². The van der Waals surface area contributed by atoms with E-state index in [0.717, 1.165) is 37.3 Å². The molecule has 2 aromatic carbocycles. The van der Waals surface area contributed by atoms with E-state index in [2.05, 4.69) is 65.5 Å². The number of carbonyl (C=O) groups is 1. The Hall–Kier alpha value is -1.49. The lowest BCUT2D eigenvalue weighted by Gasteiger charge is -2.29. The van der Waals surface area contributed by atoms with E-state index >= 15 is 0 Å². The summed E-state index contributed by atoms with van der Waals surface area (Å²) >= 11 is 0. The second-order valence-electron chi connectivity index (χ2n) is 9.11. The number of hydrogen-bond donors (Lipinski definition) is 0. The monoisotopic (exact) mass is 440 g/mol. The lowest BCUT2D eigenvalue weighted by atomic mass is 9.85. The van der Waals surface area contributed by atoms with Gasteiger partial charge < -0.3 is 4.74 Å². The maximum Gasteiger partial charge on any atom is 0.317 e. The first-order chi connectivity index (χ1) is 14.2. The van der Waals surface area contributed by atoms with Crippen molar-refractivity contribution >= 4 is 34.5 Å². The van der Waals surface area contributed by atoms with Gasteiger partial charge in [-0.15, -0.1) is 0 Å². The van der Waals surface area contributed by atoms with Crippen molar-refractivity contribution in [2.75, 3.05) is 13.3 Å². The fourth-order valence-corrected chi connectivity index (χ4v) is 7.35. The Morgan fingerprint density at radius 3 is 2.60 bits per heavy atom. The highest BCUT2D eigenvalue weighted by molar-refractivity contribution is 7.47. The molecule has 0 aliphatic carbocycles.